The molecule has 0 aromatic rings. The van der Waals surface area contributed by atoms with Gasteiger partial charge in [0.25, 0.3) is 0 Å². The summed E-state index contributed by atoms with van der Waals surface area (Å²) < 4.78 is 0.843. The molecule has 0 aliphatic carbocycles. The van der Waals surface area contributed by atoms with Crippen LogP contribution in [0.5, 0.6) is 0 Å². The van der Waals surface area contributed by atoms with Crippen LogP contribution in [-0.4, -0.2) is 86.2 Å². The number of amides is 4. The number of urea groups is 1. The molecule has 0 radical (unpaired) electrons. The van der Waals surface area contributed by atoms with Gasteiger partial charge in [0.1, 0.15) is 0 Å². The summed E-state index contributed by atoms with van der Waals surface area (Å²) in [5, 5.41) is 12.4. The highest BCUT2D eigenvalue weighted by molar-refractivity contribution is 8.00. The largest absolute Gasteiger partial charge is 0.356 e. The minimum absolute atomic E-state index is 0.0461. The van der Waals surface area contributed by atoms with Crippen molar-refractivity contribution < 1.29 is 18.9 Å². The third-order valence-corrected chi connectivity index (χ3v) is 7.10. The Morgan fingerprint density at radius 2 is 1.63 bits per heavy atom. The van der Waals surface area contributed by atoms with Gasteiger partial charge in [0.15, 0.2) is 0 Å². The molecule has 2 heterocycles. The normalized spacial score (nSPS) is 22.9. The molecule has 4 N–H and O–H groups in total. The van der Waals surface area contributed by atoms with Crippen LogP contribution in [-0.2, 0) is 9.59 Å². The summed E-state index contributed by atoms with van der Waals surface area (Å²) >= 11 is 1.92. The van der Waals surface area contributed by atoms with Crippen molar-refractivity contribution in [1.29, 1.82) is 0 Å². The van der Waals surface area contributed by atoms with Crippen molar-refractivity contribution in [3.8, 4) is 0 Å². The van der Waals surface area contributed by atoms with Crippen molar-refractivity contribution in [2.45, 2.75) is 68.7 Å². The lowest BCUT2D eigenvalue weighted by Gasteiger charge is -2.23. The highest BCUT2D eigenvalue weighted by atomic mass is 32.2. The van der Waals surface area contributed by atoms with Crippen LogP contribution < -0.4 is 21.3 Å². The lowest BCUT2D eigenvalue weighted by atomic mass is 10.0. The number of likely N-dealkylation sites (N-methyl/N-ethyl adjacent to an activating group) is 1. The van der Waals surface area contributed by atoms with E-state index in [0.29, 0.717) is 31.2 Å². The van der Waals surface area contributed by atoms with Crippen LogP contribution in [0.25, 0.3) is 0 Å². The predicted octanol–water partition coefficient (Wildman–Crippen LogP) is 1.21. The maximum atomic E-state index is 12.0. The first kappa shape index (κ1) is 24.8. The van der Waals surface area contributed by atoms with E-state index >= 15 is 0 Å². The zero-order valence-electron chi connectivity index (χ0n) is 18.8. The lowest BCUT2D eigenvalue weighted by molar-refractivity contribution is -0.869. The molecular weight excluding hydrogens is 402 g/mol. The van der Waals surface area contributed by atoms with Gasteiger partial charge in [-0.25, -0.2) is 4.79 Å². The van der Waals surface area contributed by atoms with Crippen LogP contribution in [0.15, 0.2) is 0 Å². The molecule has 9 heteroatoms. The van der Waals surface area contributed by atoms with Crippen LogP contribution in [0.1, 0.15) is 51.4 Å². The fourth-order valence-electron chi connectivity index (χ4n) is 3.80. The predicted molar refractivity (Wildman–Crippen MR) is 121 cm³/mol. The molecule has 0 saturated carbocycles. The number of thioether (sulfide) groups is 1. The van der Waals surface area contributed by atoms with E-state index in [4.69, 9.17) is 0 Å². The first-order valence-corrected chi connectivity index (χ1v) is 12.3. The Morgan fingerprint density at radius 3 is 2.33 bits per heavy atom. The van der Waals surface area contributed by atoms with E-state index in [9.17, 15) is 14.4 Å². The zero-order chi connectivity index (χ0) is 22.0. The number of nitrogens with zero attached hydrogens (tertiary/aromatic N) is 1. The highest BCUT2D eigenvalue weighted by Crippen LogP contribution is 2.33. The first-order valence-electron chi connectivity index (χ1n) is 11.3. The maximum Gasteiger partial charge on any atom is 0.315 e. The van der Waals surface area contributed by atoms with Gasteiger partial charge >= 0.3 is 6.03 Å². The molecule has 0 aromatic carbocycles. The standard InChI is InChI=1S/C21H39N5O3S/c1-26(2,3)14-13-23-19(28)10-5-4-8-12-22-18(27)11-7-6-9-17-20-16(15-30-17)24-21(29)25-20/h16-17,20H,4-15H2,1-3H3,(H3-,22,23,24,25,27,28,29)/p+1/t16-,17-,20-/m0/s1. The van der Waals surface area contributed by atoms with Gasteiger partial charge in [-0.1, -0.05) is 12.8 Å². The molecule has 2 fully saturated rings. The Hall–Kier alpha value is -1.48. The molecule has 172 valence electrons. The van der Waals surface area contributed by atoms with Crippen molar-refractivity contribution >= 4 is 29.6 Å². The summed E-state index contributed by atoms with van der Waals surface area (Å²) in [4.78, 5) is 35.1. The number of quaternary nitrogens is 1. The Bertz CT molecular complexity index is 581. The number of carbonyl (C=O) groups is 3. The Balaban J connectivity index is 1.39. The van der Waals surface area contributed by atoms with E-state index in [0.717, 1.165) is 55.3 Å². The van der Waals surface area contributed by atoms with Gasteiger partial charge in [-0.15, -0.1) is 0 Å². The second-order valence-corrected chi connectivity index (χ2v) is 10.7. The number of carbonyl (C=O) groups excluding carboxylic acids is 3. The van der Waals surface area contributed by atoms with Crippen molar-refractivity contribution in [2.75, 3.05) is 46.5 Å². The second kappa shape index (κ2) is 12.4. The zero-order valence-corrected chi connectivity index (χ0v) is 19.6. The summed E-state index contributed by atoms with van der Waals surface area (Å²) in [6.45, 7) is 2.32. The molecule has 0 unspecified atom stereocenters. The molecule has 2 saturated heterocycles. The van der Waals surface area contributed by atoms with Crippen LogP contribution in [0, 0.1) is 0 Å². The molecule has 8 nitrogen and oxygen atoms in total. The summed E-state index contributed by atoms with van der Waals surface area (Å²) in [6, 6.07) is 0.468. The van der Waals surface area contributed by atoms with E-state index in [1.807, 2.05) is 11.8 Å². The first-order chi connectivity index (χ1) is 14.2. The summed E-state index contributed by atoms with van der Waals surface area (Å²) in [7, 11) is 6.33. The third kappa shape index (κ3) is 9.55. The van der Waals surface area contributed by atoms with Crippen molar-refractivity contribution in [2.24, 2.45) is 0 Å². The van der Waals surface area contributed by atoms with E-state index in [1.54, 1.807) is 0 Å². The maximum absolute atomic E-state index is 12.0. The van der Waals surface area contributed by atoms with Crippen molar-refractivity contribution in [3.63, 3.8) is 0 Å². The summed E-state index contributed by atoms with van der Waals surface area (Å²) in [6.07, 6.45) is 6.77. The topological polar surface area (TPSA) is 99.3 Å². The summed E-state index contributed by atoms with van der Waals surface area (Å²) in [5.74, 6) is 1.21. The molecular formula is C21H40N5O3S+. The van der Waals surface area contributed by atoms with Gasteiger partial charge < -0.3 is 25.8 Å². The van der Waals surface area contributed by atoms with Crippen LogP contribution in [0.2, 0.25) is 0 Å². The van der Waals surface area contributed by atoms with Gasteiger partial charge in [0, 0.05) is 30.4 Å². The number of unbranched alkanes of at least 4 members (excludes halogenated alkanes) is 3. The monoisotopic (exact) mass is 442 g/mol. The molecule has 4 amide bonds. The Kier molecular flexibility index (Phi) is 10.2. The summed E-state index contributed by atoms with van der Waals surface area (Å²) in [5.41, 5.74) is 0. The number of nitrogens with one attached hydrogen (secondary N) is 4. The van der Waals surface area contributed by atoms with Crippen molar-refractivity contribution in [3.05, 3.63) is 0 Å². The number of fused-ring (bicyclic) bond motifs is 1. The molecule has 0 bridgehead atoms. The lowest BCUT2D eigenvalue weighted by Crippen LogP contribution is -2.41. The average molecular weight is 443 g/mol. The van der Waals surface area contributed by atoms with Gasteiger partial charge in [-0.05, 0) is 25.7 Å². The van der Waals surface area contributed by atoms with Crippen molar-refractivity contribution in [1.82, 2.24) is 21.3 Å². The fraction of sp³-hybridized carbons (Fsp3) is 0.857. The van der Waals surface area contributed by atoms with Crippen LogP contribution in [0.4, 0.5) is 4.79 Å². The minimum atomic E-state index is -0.0461. The SMILES string of the molecule is C[N+](C)(C)CCNC(=O)CCCCCNC(=O)CCCC[C@@H]1SC[C@@H]2NC(=O)N[C@@H]21. The fourth-order valence-corrected chi connectivity index (χ4v) is 5.34. The van der Waals surface area contributed by atoms with E-state index < -0.39 is 0 Å². The Labute approximate surface area is 185 Å². The Morgan fingerprint density at radius 1 is 0.967 bits per heavy atom. The average Bonchev–Trinajstić information content (AvgIpc) is 3.20. The molecule has 0 spiro atoms. The molecule has 3 atom stereocenters. The van der Waals surface area contributed by atoms with Gasteiger partial charge in [-0.2, -0.15) is 11.8 Å². The second-order valence-electron chi connectivity index (χ2n) is 9.39. The van der Waals surface area contributed by atoms with E-state index in [-0.39, 0.29) is 29.9 Å². The molecule has 0 aromatic heterocycles. The van der Waals surface area contributed by atoms with Gasteiger partial charge in [0.2, 0.25) is 11.8 Å². The van der Waals surface area contributed by atoms with E-state index in [1.165, 1.54) is 0 Å². The van der Waals surface area contributed by atoms with E-state index in [2.05, 4.69) is 42.4 Å². The number of hydrogen-bond donors (Lipinski definition) is 4. The molecule has 2 rings (SSSR count). The third-order valence-electron chi connectivity index (χ3n) is 5.59. The van der Waals surface area contributed by atoms with Crippen LogP contribution >= 0.6 is 11.8 Å². The smallest absolute Gasteiger partial charge is 0.315 e. The molecule has 2 aliphatic heterocycles. The van der Waals surface area contributed by atoms with Gasteiger partial charge in [-0.3, -0.25) is 9.59 Å². The molecule has 2 aliphatic rings. The quantitative estimate of drug-likeness (QED) is 0.185. The highest BCUT2D eigenvalue weighted by Gasteiger charge is 2.42. The molecule has 30 heavy (non-hydrogen) atoms. The number of hydrogen-bond acceptors (Lipinski definition) is 4. The van der Waals surface area contributed by atoms with Gasteiger partial charge in [0.05, 0.1) is 46.3 Å². The van der Waals surface area contributed by atoms with Crippen LogP contribution in [0.3, 0.4) is 0 Å². The number of rotatable bonds is 14. The minimum Gasteiger partial charge on any atom is -0.356 e.